The second-order valence-corrected chi connectivity index (χ2v) is 7.53. The van der Waals surface area contributed by atoms with Gasteiger partial charge in [0.15, 0.2) is 0 Å². The highest BCUT2D eigenvalue weighted by molar-refractivity contribution is 6.31. The molecule has 0 unspecified atom stereocenters. The van der Waals surface area contributed by atoms with Crippen LogP contribution in [-0.4, -0.2) is 69.9 Å². The number of morpholine rings is 1. The van der Waals surface area contributed by atoms with Crippen LogP contribution in [0.1, 0.15) is 23.2 Å². The number of ether oxygens (including phenoxy) is 1. The van der Waals surface area contributed by atoms with Crippen LogP contribution in [0.4, 0.5) is 0 Å². The molecule has 0 spiro atoms. The lowest BCUT2D eigenvalue weighted by Crippen LogP contribution is -2.38. The number of aromatic nitrogens is 3. The molecule has 0 aromatic carbocycles. The van der Waals surface area contributed by atoms with Crippen molar-refractivity contribution in [2.24, 2.45) is 7.05 Å². The predicted octanol–water partition coefficient (Wildman–Crippen LogP) is 2.54. The van der Waals surface area contributed by atoms with Gasteiger partial charge in [-0.05, 0) is 37.1 Å². The minimum Gasteiger partial charge on any atom is -0.379 e. The lowest BCUT2D eigenvalue weighted by atomic mass is 10.2. The number of carbonyl (C=O) groups is 1. The molecule has 2 aromatic rings. The van der Waals surface area contributed by atoms with Gasteiger partial charge in [-0.3, -0.25) is 19.4 Å². The first-order valence-electron chi connectivity index (χ1n) is 9.89. The Bertz CT molecular complexity index is 831. The molecule has 2 aromatic heterocycles. The molecule has 0 N–H and O–H groups in total. The number of halogens is 1. The molecule has 1 aliphatic rings. The first-order chi connectivity index (χ1) is 14.0. The molecule has 1 aliphatic heterocycles. The van der Waals surface area contributed by atoms with Gasteiger partial charge in [-0.2, -0.15) is 5.10 Å². The summed E-state index contributed by atoms with van der Waals surface area (Å²) in [5.41, 5.74) is 2.64. The number of aryl methyl sites for hydroxylation is 2. The van der Waals surface area contributed by atoms with E-state index in [1.54, 1.807) is 36.3 Å². The van der Waals surface area contributed by atoms with Crippen molar-refractivity contribution in [2.75, 3.05) is 39.4 Å². The van der Waals surface area contributed by atoms with E-state index in [2.05, 4.69) is 15.0 Å². The average Bonchev–Trinajstić information content (AvgIpc) is 2.98. The van der Waals surface area contributed by atoms with Crippen molar-refractivity contribution >= 4 is 23.6 Å². The number of pyridine rings is 1. The second kappa shape index (κ2) is 10.5. The van der Waals surface area contributed by atoms with E-state index in [1.807, 2.05) is 24.0 Å². The Hall–Kier alpha value is -2.22. The zero-order valence-corrected chi connectivity index (χ0v) is 17.8. The number of hydrogen-bond acceptors (Lipinski definition) is 5. The third kappa shape index (κ3) is 6.13. The molecule has 0 aliphatic carbocycles. The van der Waals surface area contributed by atoms with Gasteiger partial charge in [-0.25, -0.2) is 0 Å². The molecule has 8 heteroatoms. The topological polar surface area (TPSA) is 63.5 Å². The predicted molar refractivity (Wildman–Crippen MR) is 114 cm³/mol. The molecule has 1 saturated heterocycles. The molecule has 1 fully saturated rings. The van der Waals surface area contributed by atoms with Gasteiger partial charge in [0.2, 0.25) is 5.91 Å². The largest absolute Gasteiger partial charge is 0.379 e. The zero-order valence-electron chi connectivity index (χ0n) is 17.1. The van der Waals surface area contributed by atoms with Crippen molar-refractivity contribution in [3.63, 3.8) is 0 Å². The quantitative estimate of drug-likeness (QED) is 0.617. The van der Waals surface area contributed by atoms with Crippen molar-refractivity contribution in [1.82, 2.24) is 24.6 Å². The molecular weight excluding hydrogens is 390 g/mol. The second-order valence-electron chi connectivity index (χ2n) is 7.17. The number of amides is 1. The molecule has 0 saturated carbocycles. The molecule has 0 bridgehead atoms. The fourth-order valence-electron chi connectivity index (χ4n) is 3.38. The van der Waals surface area contributed by atoms with Crippen LogP contribution in [0.2, 0.25) is 5.15 Å². The summed E-state index contributed by atoms with van der Waals surface area (Å²) in [6.45, 7) is 7.56. The smallest absolute Gasteiger partial charge is 0.246 e. The van der Waals surface area contributed by atoms with Crippen LogP contribution in [0, 0.1) is 6.92 Å². The van der Waals surface area contributed by atoms with Gasteiger partial charge in [0.25, 0.3) is 0 Å². The number of carbonyl (C=O) groups excluding carboxylic acids is 1. The van der Waals surface area contributed by atoms with E-state index in [4.69, 9.17) is 16.3 Å². The van der Waals surface area contributed by atoms with Crippen LogP contribution < -0.4 is 0 Å². The first kappa shape index (κ1) is 21.5. The van der Waals surface area contributed by atoms with Gasteiger partial charge >= 0.3 is 0 Å². The van der Waals surface area contributed by atoms with E-state index in [0.717, 1.165) is 56.1 Å². The molecule has 7 nitrogen and oxygen atoms in total. The summed E-state index contributed by atoms with van der Waals surface area (Å²) in [4.78, 5) is 21.3. The fourth-order valence-corrected chi connectivity index (χ4v) is 3.62. The number of rotatable bonds is 8. The Morgan fingerprint density at radius 3 is 2.69 bits per heavy atom. The number of hydrogen-bond donors (Lipinski definition) is 0. The SMILES string of the molecule is Cc1nn(C)c(Cl)c1/C=C/C(=O)N(CCCN1CCOCC1)Cc1ccncc1. The average molecular weight is 418 g/mol. The van der Waals surface area contributed by atoms with Gasteiger partial charge < -0.3 is 9.64 Å². The van der Waals surface area contributed by atoms with Gasteiger partial charge in [0, 0.05) is 63.8 Å². The normalized spacial score (nSPS) is 15.1. The number of nitrogens with zero attached hydrogens (tertiary/aromatic N) is 5. The maximum atomic E-state index is 13.0. The Labute approximate surface area is 176 Å². The van der Waals surface area contributed by atoms with E-state index in [9.17, 15) is 4.79 Å². The summed E-state index contributed by atoms with van der Waals surface area (Å²) >= 11 is 6.28. The molecule has 29 heavy (non-hydrogen) atoms. The maximum absolute atomic E-state index is 13.0. The molecule has 0 atom stereocenters. The van der Waals surface area contributed by atoms with E-state index >= 15 is 0 Å². The fraction of sp³-hybridized carbons (Fsp3) is 0.476. The van der Waals surface area contributed by atoms with E-state index in [-0.39, 0.29) is 5.91 Å². The first-order valence-corrected chi connectivity index (χ1v) is 10.3. The monoisotopic (exact) mass is 417 g/mol. The van der Waals surface area contributed by atoms with Crippen LogP contribution >= 0.6 is 11.6 Å². The molecular formula is C21H28ClN5O2. The van der Waals surface area contributed by atoms with E-state index in [0.29, 0.717) is 18.2 Å². The Morgan fingerprint density at radius 2 is 2.03 bits per heavy atom. The highest BCUT2D eigenvalue weighted by Gasteiger charge is 2.15. The zero-order chi connectivity index (χ0) is 20.6. The van der Waals surface area contributed by atoms with Crippen LogP contribution in [0.25, 0.3) is 6.08 Å². The summed E-state index contributed by atoms with van der Waals surface area (Å²) in [6.07, 6.45) is 7.76. The van der Waals surface area contributed by atoms with Gasteiger partial charge in [-0.1, -0.05) is 11.6 Å². The summed E-state index contributed by atoms with van der Waals surface area (Å²) in [7, 11) is 1.79. The maximum Gasteiger partial charge on any atom is 0.246 e. The Balaban J connectivity index is 1.65. The lowest BCUT2D eigenvalue weighted by molar-refractivity contribution is -0.126. The third-order valence-electron chi connectivity index (χ3n) is 5.03. The Morgan fingerprint density at radius 1 is 1.31 bits per heavy atom. The summed E-state index contributed by atoms with van der Waals surface area (Å²) in [5, 5.41) is 4.82. The van der Waals surface area contributed by atoms with Crippen LogP contribution in [0.3, 0.4) is 0 Å². The highest BCUT2D eigenvalue weighted by Crippen LogP contribution is 2.20. The molecule has 0 radical (unpaired) electrons. The van der Waals surface area contributed by atoms with Crippen molar-refractivity contribution < 1.29 is 9.53 Å². The van der Waals surface area contributed by atoms with Crippen molar-refractivity contribution in [2.45, 2.75) is 19.9 Å². The van der Waals surface area contributed by atoms with Crippen LogP contribution in [0.15, 0.2) is 30.6 Å². The van der Waals surface area contributed by atoms with Gasteiger partial charge in [-0.15, -0.1) is 0 Å². The van der Waals surface area contributed by atoms with Gasteiger partial charge in [0.1, 0.15) is 5.15 Å². The Kier molecular flexibility index (Phi) is 7.80. The van der Waals surface area contributed by atoms with E-state index in [1.165, 1.54) is 0 Å². The van der Waals surface area contributed by atoms with Crippen molar-refractivity contribution in [3.8, 4) is 0 Å². The summed E-state index contributed by atoms with van der Waals surface area (Å²) in [5.74, 6) is -0.0388. The third-order valence-corrected chi connectivity index (χ3v) is 5.48. The molecule has 3 rings (SSSR count). The molecule has 1 amide bonds. The standard InChI is InChI=1S/C21H28ClN5O2/c1-17-19(21(22)25(2)24-17)4-5-20(28)27(16-18-6-8-23-9-7-18)11-3-10-26-12-14-29-15-13-26/h4-9H,3,10-16H2,1-2H3/b5-4+. The minimum absolute atomic E-state index is 0.0388. The molecule has 3 heterocycles. The molecule has 156 valence electrons. The van der Waals surface area contributed by atoms with Crippen molar-refractivity contribution in [1.29, 1.82) is 0 Å². The summed E-state index contributed by atoms with van der Waals surface area (Å²) < 4.78 is 7.01. The minimum atomic E-state index is -0.0388. The van der Waals surface area contributed by atoms with E-state index < -0.39 is 0 Å². The highest BCUT2D eigenvalue weighted by atomic mass is 35.5. The summed E-state index contributed by atoms with van der Waals surface area (Å²) in [6, 6.07) is 3.88. The van der Waals surface area contributed by atoms with Crippen molar-refractivity contribution in [3.05, 3.63) is 52.6 Å². The lowest BCUT2D eigenvalue weighted by Gasteiger charge is -2.28. The van der Waals surface area contributed by atoms with Crippen LogP contribution in [0.5, 0.6) is 0 Å². The van der Waals surface area contributed by atoms with Crippen LogP contribution in [-0.2, 0) is 23.1 Å². The van der Waals surface area contributed by atoms with Gasteiger partial charge in [0.05, 0.1) is 18.9 Å².